The maximum atomic E-state index is 14.1. The van der Waals surface area contributed by atoms with Gasteiger partial charge < -0.3 is 14.0 Å². The molecule has 6 heteroatoms. The SMILES string of the molecule is CC1(C)OB(c2c(OC3CC3)ccnc2F)OC1(C)C. The van der Waals surface area contributed by atoms with Gasteiger partial charge in [-0.2, -0.15) is 4.39 Å². The van der Waals surface area contributed by atoms with Crippen LogP contribution in [0.3, 0.4) is 0 Å². The van der Waals surface area contributed by atoms with Crippen LogP contribution in [0.25, 0.3) is 0 Å². The topological polar surface area (TPSA) is 40.6 Å². The van der Waals surface area contributed by atoms with Gasteiger partial charge in [0.15, 0.2) is 0 Å². The fourth-order valence-electron chi connectivity index (χ4n) is 2.07. The molecule has 0 unspecified atom stereocenters. The molecule has 1 aromatic heterocycles. The van der Waals surface area contributed by atoms with E-state index in [1.54, 1.807) is 6.07 Å². The van der Waals surface area contributed by atoms with E-state index < -0.39 is 24.3 Å². The van der Waals surface area contributed by atoms with Gasteiger partial charge in [-0.3, -0.25) is 0 Å². The van der Waals surface area contributed by atoms with Crippen LogP contribution in [-0.2, 0) is 9.31 Å². The molecule has 2 aliphatic rings. The number of nitrogens with zero attached hydrogens (tertiary/aromatic N) is 1. The third-order valence-electron chi connectivity index (χ3n) is 4.21. The molecule has 0 N–H and O–H groups in total. The van der Waals surface area contributed by atoms with Gasteiger partial charge in [-0.1, -0.05) is 0 Å². The molecule has 0 spiro atoms. The second-order valence-electron chi connectivity index (χ2n) is 6.42. The maximum Gasteiger partial charge on any atom is 0.503 e. The van der Waals surface area contributed by atoms with E-state index in [0.717, 1.165) is 12.8 Å². The molecular formula is C14H19BFNO3. The summed E-state index contributed by atoms with van der Waals surface area (Å²) in [6.45, 7) is 7.73. The van der Waals surface area contributed by atoms with Crippen molar-refractivity contribution in [2.75, 3.05) is 0 Å². The van der Waals surface area contributed by atoms with Crippen molar-refractivity contribution in [3.8, 4) is 5.75 Å². The highest BCUT2D eigenvalue weighted by molar-refractivity contribution is 6.63. The molecule has 20 heavy (non-hydrogen) atoms. The zero-order chi connectivity index (χ0) is 14.5. The van der Waals surface area contributed by atoms with Gasteiger partial charge in [0.1, 0.15) is 5.75 Å². The average molecular weight is 279 g/mol. The first-order valence-electron chi connectivity index (χ1n) is 6.97. The first-order valence-corrected chi connectivity index (χ1v) is 6.97. The highest BCUT2D eigenvalue weighted by Crippen LogP contribution is 2.37. The second kappa shape index (κ2) is 4.43. The molecule has 2 fully saturated rings. The lowest BCUT2D eigenvalue weighted by atomic mass is 9.79. The third kappa shape index (κ3) is 2.31. The van der Waals surface area contributed by atoms with Crippen LogP contribution >= 0.6 is 0 Å². The minimum atomic E-state index is -0.789. The largest absolute Gasteiger partial charge is 0.503 e. The average Bonchev–Trinajstić information content (AvgIpc) is 3.07. The molecule has 1 aliphatic carbocycles. The van der Waals surface area contributed by atoms with E-state index in [1.807, 2.05) is 27.7 Å². The summed E-state index contributed by atoms with van der Waals surface area (Å²) < 4.78 is 31.7. The summed E-state index contributed by atoms with van der Waals surface area (Å²) in [5.41, 5.74) is -0.772. The number of halogens is 1. The molecule has 4 nitrogen and oxygen atoms in total. The Bertz CT molecular complexity index is 515. The standard InChI is InChI=1S/C14H19BFNO3/c1-13(2)14(3,4)20-15(19-13)11-10(18-9-5-6-9)7-8-17-12(11)16/h7-9H,5-6H2,1-4H3. The van der Waals surface area contributed by atoms with Crippen LogP contribution in [0.2, 0.25) is 0 Å². The minimum absolute atomic E-state index is 0.179. The second-order valence-corrected chi connectivity index (χ2v) is 6.42. The van der Waals surface area contributed by atoms with E-state index >= 15 is 0 Å². The summed E-state index contributed by atoms with van der Waals surface area (Å²) in [4.78, 5) is 3.70. The van der Waals surface area contributed by atoms with Crippen molar-refractivity contribution in [2.24, 2.45) is 0 Å². The summed E-state index contributed by atoms with van der Waals surface area (Å²) in [6.07, 6.45) is 3.60. The van der Waals surface area contributed by atoms with Gasteiger partial charge in [0, 0.05) is 6.20 Å². The first-order chi connectivity index (χ1) is 9.30. The van der Waals surface area contributed by atoms with Crippen LogP contribution in [0, 0.1) is 5.95 Å². The van der Waals surface area contributed by atoms with Gasteiger partial charge in [0.05, 0.1) is 22.8 Å². The lowest BCUT2D eigenvalue weighted by molar-refractivity contribution is 0.00578. The molecule has 2 heterocycles. The zero-order valence-electron chi connectivity index (χ0n) is 12.3. The van der Waals surface area contributed by atoms with Crippen LogP contribution in [0.15, 0.2) is 12.3 Å². The van der Waals surface area contributed by atoms with Crippen molar-refractivity contribution in [3.63, 3.8) is 0 Å². The molecule has 0 amide bonds. The number of pyridine rings is 1. The van der Waals surface area contributed by atoms with Gasteiger partial charge in [0.2, 0.25) is 5.95 Å². The van der Waals surface area contributed by atoms with Crippen molar-refractivity contribution < 1.29 is 18.4 Å². The smallest absolute Gasteiger partial charge is 0.491 e. The fourth-order valence-corrected chi connectivity index (χ4v) is 2.07. The number of aromatic nitrogens is 1. The quantitative estimate of drug-likeness (QED) is 0.627. The monoisotopic (exact) mass is 279 g/mol. The Hall–Kier alpha value is -1.14. The van der Waals surface area contributed by atoms with Gasteiger partial charge >= 0.3 is 7.12 Å². The predicted octanol–water partition coefficient (Wildman–Crippen LogP) is 2.06. The zero-order valence-corrected chi connectivity index (χ0v) is 12.3. The van der Waals surface area contributed by atoms with E-state index in [-0.39, 0.29) is 11.6 Å². The van der Waals surface area contributed by atoms with Crippen LogP contribution < -0.4 is 10.2 Å². The Morgan fingerprint density at radius 1 is 1.25 bits per heavy atom. The number of ether oxygens (including phenoxy) is 1. The highest BCUT2D eigenvalue weighted by Gasteiger charge is 2.53. The first kappa shape index (κ1) is 13.8. The summed E-state index contributed by atoms with van der Waals surface area (Å²) in [5.74, 6) is -0.125. The van der Waals surface area contributed by atoms with E-state index in [4.69, 9.17) is 14.0 Å². The van der Waals surface area contributed by atoms with Crippen molar-refractivity contribution in [1.29, 1.82) is 0 Å². The molecule has 0 bridgehead atoms. The van der Waals surface area contributed by atoms with E-state index in [1.165, 1.54) is 6.20 Å². The molecule has 1 saturated carbocycles. The lowest BCUT2D eigenvalue weighted by Gasteiger charge is -2.32. The molecule has 108 valence electrons. The minimum Gasteiger partial charge on any atom is -0.491 e. The molecule has 1 saturated heterocycles. The van der Waals surface area contributed by atoms with E-state index in [2.05, 4.69) is 4.98 Å². The lowest BCUT2D eigenvalue weighted by Crippen LogP contribution is -2.41. The third-order valence-corrected chi connectivity index (χ3v) is 4.21. The van der Waals surface area contributed by atoms with Crippen molar-refractivity contribution in [1.82, 2.24) is 4.98 Å². The Morgan fingerprint density at radius 3 is 2.40 bits per heavy atom. The molecule has 1 aromatic rings. The summed E-state index contributed by atoms with van der Waals surface area (Å²) in [6, 6.07) is 1.67. The van der Waals surface area contributed by atoms with Crippen LogP contribution in [0.5, 0.6) is 5.75 Å². The number of hydrogen-bond donors (Lipinski definition) is 0. The Kier molecular flexibility index (Phi) is 3.06. The normalized spacial score (nSPS) is 23.9. The summed E-state index contributed by atoms with van der Waals surface area (Å²) in [5, 5.41) is 0. The van der Waals surface area contributed by atoms with Crippen LogP contribution in [-0.4, -0.2) is 29.4 Å². The van der Waals surface area contributed by atoms with Gasteiger partial charge in [-0.05, 0) is 46.6 Å². The number of rotatable bonds is 3. The van der Waals surface area contributed by atoms with Gasteiger partial charge in [-0.25, -0.2) is 4.98 Å². The van der Waals surface area contributed by atoms with Gasteiger partial charge in [0.25, 0.3) is 0 Å². The Morgan fingerprint density at radius 2 is 1.85 bits per heavy atom. The predicted molar refractivity (Wildman–Crippen MR) is 73.6 cm³/mol. The molecule has 0 atom stereocenters. The molecule has 1 aliphatic heterocycles. The fraction of sp³-hybridized carbons (Fsp3) is 0.643. The molecule has 0 radical (unpaired) electrons. The van der Waals surface area contributed by atoms with Crippen molar-refractivity contribution >= 4 is 12.6 Å². The maximum absolute atomic E-state index is 14.1. The summed E-state index contributed by atoms with van der Waals surface area (Å²) >= 11 is 0. The van der Waals surface area contributed by atoms with Crippen molar-refractivity contribution in [3.05, 3.63) is 18.2 Å². The Labute approximate surface area is 118 Å². The van der Waals surface area contributed by atoms with Crippen molar-refractivity contribution in [2.45, 2.75) is 57.8 Å². The molecular weight excluding hydrogens is 260 g/mol. The molecule has 3 rings (SSSR count). The van der Waals surface area contributed by atoms with Gasteiger partial charge in [-0.15, -0.1) is 0 Å². The summed E-state index contributed by atoms with van der Waals surface area (Å²) in [7, 11) is -0.789. The molecule has 0 aromatic carbocycles. The van der Waals surface area contributed by atoms with Crippen LogP contribution in [0.4, 0.5) is 4.39 Å². The van der Waals surface area contributed by atoms with Crippen LogP contribution in [0.1, 0.15) is 40.5 Å². The van der Waals surface area contributed by atoms with E-state index in [0.29, 0.717) is 5.75 Å². The highest BCUT2D eigenvalue weighted by atomic mass is 19.1. The van der Waals surface area contributed by atoms with E-state index in [9.17, 15) is 4.39 Å². The number of hydrogen-bond acceptors (Lipinski definition) is 4. The Balaban J connectivity index is 1.94.